The number of nitrogens with one attached hydrogen (secondary N) is 1. The van der Waals surface area contributed by atoms with Crippen molar-refractivity contribution in [2.75, 3.05) is 12.4 Å². The molecule has 0 bridgehead atoms. The second-order valence-corrected chi connectivity index (χ2v) is 6.72. The van der Waals surface area contributed by atoms with Crippen molar-refractivity contribution in [1.82, 2.24) is 9.78 Å². The van der Waals surface area contributed by atoms with Gasteiger partial charge in [-0.3, -0.25) is 9.48 Å². The molecule has 0 atom stereocenters. The number of carbonyl (C=O) groups excluding carboxylic acids is 1. The number of hydrogen-bond acceptors (Lipinski definition) is 5. The highest BCUT2D eigenvalue weighted by Crippen LogP contribution is 2.27. The van der Waals surface area contributed by atoms with E-state index in [1.165, 1.54) is 18.3 Å². The lowest BCUT2D eigenvalue weighted by molar-refractivity contribution is 0.0992. The lowest BCUT2D eigenvalue weighted by atomic mass is 10.2. The summed E-state index contributed by atoms with van der Waals surface area (Å²) < 4.78 is 31.5. The number of amides is 1. The molecule has 158 valence electrons. The second kappa shape index (κ2) is 9.17. The van der Waals surface area contributed by atoms with Gasteiger partial charge in [-0.2, -0.15) is 5.10 Å². The van der Waals surface area contributed by atoms with Crippen molar-refractivity contribution >= 4 is 11.6 Å². The van der Waals surface area contributed by atoms with Gasteiger partial charge in [0.2, 0.25) is 0 Å². The van der Waals surface area contributed by atoms with E-state index in [4.69, 9.17) is 13.9 Å². The monoisotopic (exact) mass is 421 g/mol. The van der Waals surface area contributed by atoms with Crippen molar-refractivity contribution in [2.45, 2.75) is 13.2 Å². The Morgan fingerprint density at radius 3 is 2.77 bits per heavy atom. The van der Waals surface area contributed by atoms with Crippen LogP contribution in [0.5, 0.6) is 11.5 Å². The molecule has 31 heavy (non-hydrogen) atoms. The molecule has 0 aliphatic heterocycles. The number of rotatable bonds is 8. The van der Waals surface area contributed by atoms with E-state index in [0.717, 1.165) is 5.56 Å². The van der Waals surface area contributed by atoms with Crippen LogP contribution in [0.15, 0.2) is 77.5 Å². The Hall–Kier alpha value is -4.07. The van der Waals surface area contributed by atoms with Gasteiger partial charge in [-0.25, -0.2) is 4.39 Å². The minimum Gasteiger partial charge on any atom is -0.493 e. The first-order chi connectivity index (χ1) is 15.1. The van der Waals surface area contributed by atoms with Crippen molar-refractivity contribution in [2.24, 2.45) is 0 Å². The van der Waals surface area contributed by atoms with Crippen LogP contribution in [0.1, 0.15) is 21.9 Å². The normalized spacial score (nSPS) is 10.6. The lowest BCUT2D eigenvalue weighted by Gasteiger charge is -2.08. The van der Waals surface area contributed by atoms with Crippen LogP contribution in [0.2, 0.25) is 0 Å². The van der Waals surface area contributed by atoms with E-state index in [9.17, 15) is 9.18 Å². The zero-order valence-electron chi connectivity index (χ0n) is 16.7. The summed E-state index contributed by atoms with van der Waals surface area (Å²) >= 11 is 0. The van der Waals surface area contributed by atoms with Gasteiger partial charge in [-0.05, 0) is 42.0 Å². The number of carbonyl (C=O) groups is 1. The van der Waals surface area contributed by atoms with Crippen LogP contribution in [0, 0.1) is 5.82 Å². The second-order valence-electron chi connectivity index (χ2n) is 6.72. The third kappa shape index (κ3) is 5.11. The average molecular weight is 421 g/mol. The van der Waals surface area contributed by atoms with Crippen LogP contribution in [-0.2, 0) is 13.2 Å². The average Bonchev–Trinajstić information content (AvgIpc) is 3.42. The molecule has 2 aromatic carbocycles. The Bertz CT molecular complexity index is 1180. The third-order valence-electron chi connectivity index (χ3n) is 4.45. The van der Waals surface area contributed by atoms with Gasteiger partial charge in [0, 0.05) is 6.20 Å². The number of hydrogen-bond donors (Lipinski definition) is 1. The highest BCUT2D eigenvalue weighted by Gasteiger charge is 2.13. The molecule has 0 radical (unpaired) electrons. The van der Waals surface area contributed by atoms with Crippen molar-refractivity contribution in [1.29, 1.82) is 0 Å². The molecule has 0 aliphatic carbocycles. The predicted octanol–water partition coefficient (Wildman–Crippen LogP) is 4.50. The Balaban J connectivity index is 1.34. The van der Waals surface area contributed by atoms with E-state index < -0.39 is 5.91 Å². The van der Waals surface area contributed by atoms with Crippen LogP contribution in [0.25, 0.3) is 0 Å². The molecule has 2 aromatic heterocycles. The Kier molecular flexibility index (Phi) is 5.98. The number of furan rings is 1. The maximum absolute atomic E-state index is 13.3. The van der Waals surface area contributed by atoms with Crippen molar-refractivity contribution < 1.29 is 23.1 Å². The maximum atomic E-state index is 13.3. The smallest absolute Gasteiger partial charge is 0.291 e. The van der Waals surface area contributed by atoms with Crippen LogP contribution in [0.4, 0.5) is 10.1 Å². The molecule has 0 aliphatic rings. The topological polar surface area (TPSA) is 78.5 Å². The summed E-state index contributed by atoms with van der Waals surface area (Å²) in [6.45, 7) is 0.540. The minimum absolute atomic E-state index is 0.150. The van der Waals surface area contributed by atoms with E-state index in [1.807, 2.05) is 12.1 Å². The number of aromatic nitrogens is 2. The largest absolute Gasteiger partial charge is 0.493 e. The Morgan fingerprint density at radius 2 is 1.97 bits per heavy atom. The number of methoxy groups -OCH3 is 1. The quantitative estimate of drug-likeness (QED) is 0.453. The zero-order chi connectivity index (χ0) is 21.6. The summed E-state index contributed by atoms with van der Waals surface area (Å²) in [6, 6.07) is 16.8. The van der Waals surface area contributed by atoms with E-state index in [0.29, 0.717) is 29.5 Å². The summed E-state index contributed by atoms with van der Waals surface area (Å²) in [5.41, 5.74) is 1.27. The maximum Gasteiger partial charge on any atom is 0.291 e. The van der Waals surface area contributed by atoms with Crippen LogP contribution in [0.3, 0.4) is 0 Å². The van der Waals surface area contributed by atoms with Crippen LogP contribution >= 0.6 is 0 Å². The predicted molar refractivity (Wildman–Crippen MR) is 112 cm³/mol. The van der Waals surface area contributed by atoms with Gasteiger partial charge in [0.15, 0.2) is 17.3 Å². The SMILES string of the molecule is COc1ccccc1OCc1ccc(C(=O)Nc2cnn(Cc3cccc(F)c3)c2)o1. The lowest BCUT2D eigenvalue weighted by Crippen LogP contribution is -2.10. The molecular formula is C23H20FN3O4. The van der Waals surface area contributed by atoms with Gasteiger partial charge < -0.3 is 19.2 Å². The molecular weight excluding hydrogens is 401 g/mol. The Labute approximate surface area is 178 Å². The van der Waals surface area contributed by atoms with E-state index in [1.54, 1.807) is 54.4 Å². The number of benzene rings is 2. The molecule has 1 N–H and O–H groups in total. The number of ether oxygens (including phenoxy) is 2. The Morgan fingerprint density at radius 1 is 1.13 bits per heavy atom. The molecule has 0 fully saturated rings. The molecule has 0 saturated carbocycles. The zero-order valence-corrected chi connectivity index (χ0v) is 16.7. The van der Waals surface area contributed by atoms with Gasteiger partial charge in [0.25, 0.3) is 5.91 Å². The van der Waals surface area contributed by atoms with Gasteiger partial charge in [-0.1, -0.05) is 24.3 Å². The van der Waals surface area contributed by atoms with E-state index in [2.05, 4.69) is 10.4 Å². The van der Waals surface area contributed by atoms with Gasteiger partial charge >= 0.3 is 0 Å². The molecule has 4 aromatic rings. The first-order valence-corrected chi connectivity index (χ1v) is 9.53. The number of halogens is 1. The van der Waals surface area contributed by atoms with Crippen molar-refractivity contribution in [3.63, 3.8) is 0 Å². The molecule has 0 saturated heterocycles. The van der Waals surface area contributed by atoms with E-state index >= 15 is 0 Å². The minimum atomic E-state index is -0.408. The summed E-state index contributed by atoms with van der Waals surface area (Å²) in [7, 11) is 1.57. The summed E-state index contributed by atoms with van der Waals surface area (Å²) in [5, 5.41) is 6.92. The molecule has 4 rings (SSSR count). The summed E-state index contributed by atoms with van der Waals surface area (Å²) in [4.78, 5) is 12.5. The fourth-order valence-electron chi connectivity index (χ4n) is 2.99. The number of anilines is 1. The first kappa shape index (κ1) is 20.2. The van der Waals surface area contributed by atoms with Crippen molar-refractivity contribution in [3.05, 3.63) is 96.0 Å². The summed E-state index contributed by atoms with van der Waals surface area (Å²) in [5.74, 6) is 1.13. The molecule has 7 nitrogen and oxygen atoms in total. The van der Waals surface area contributed by atoms with Gasteiger partial charge in [-0.15, -0.1) is 0 Å². The first-order valence-electron chi connectivity index (χ1n) is 9.53. The molecule has 2 heterocycles. The fraction of sp³-hybridized carbons (Fsp3) is 0.130. The highest BCUT2D eigenvalue weighted by molar-refractivity contribution is 6.02. The molecule has 0 spiro atoms. The van der Waals surface area contributed by atoms with Crippen LogP contribution in [-0.4, -0.2) is 22.8 Å². The fourth-order valence-corrected chi connectivity index (χ4v) is 2.99. The number of para-hydroxylation sites is 2. The van der Waals surface area contributed by atoms with E-state index in [-0.39, 0.29) is 18.2 Å². The molecule has 1 amide bonds. The third-order valence-corrected chi connectivity index (χ3v) is 4.45. The van der Waals surface area contributed by atoms with Gasteiger partial charge in [0.1, 0.15) is 18.2 Å². The standard InChI is InChI=1S/C23H20FN3O4/c1-29-20-7-2-3-8-21(20)30-15-19-9-10-22(31-19)23(28)26-18-12-25-27(14-18)13-16-5-4-6-17(24)11-16/h2-12,14H,13,15H2,1H3,(H,26,28). The highest BCUT2D eigenvalue weighted by atomic mass is 19.1. The molecule has 8 heteroatoms. The van der Waals surface area contributed by atoms with Crippen LogP contribution < -0.4 is 14.8 Å². The summed E-state index contributed by atoms with van der Waals surface area (Å²) in [6.07, 6.45) is 3.18. The van der Waals surface area contributed by atoms with Crippen molar-refractivity contribution in [3.8, 4) is 11.5 Å². The van der Waals surface area contributed by atoms with Gasteiger partial charge in [0.05, 0.1) is 25.5 Å². The molecule has 0 unspecified atom stereocenters. The number of nitrogens with zero attached hydrogens (tertiary/aromatic N) is 2.